The SMILES string of the molecule is COc1cc2nc(C[NH+](C)Cc3ccc(C)o3)[nH]c(=O)c2cc1OC. The third-order valence-electron chi connectivity index (χ3n) is 4.00. The van der Waals surface area contributed by atoms with Gasteiger partial charge in [-0.2, -0.15) is 0 Å². The molecule has 0 bridgehead atoms. The Hall–Kier alpha value is -2.80. The maximum Gasteiger partial charge on any atom is 0.259 e. The van der Waals surface area contributed by atoms with Gasteiger partial charge in [0.05, 0.1) is 32.2 Å². The van der Waals surface area contributed by atoms with E-state index >= 15 is 0 Å². The van der Waals surface area contributed by atoms with Crippen LogP contribution < -0.4 is 19.9 Å². The van der Waals surface area contributed by atoms with Crippen LogP contribution in [0.4, 0.5) is 0 Å². The predicted octanol–water partition coefficient (Wildman–Crippen LogP) is 1.06. The van der Waals surface area contributed by atoms with E-state index in [4.69, 9.17) is 13.9 Å². The van der Waals surface area contributed by atoms with E-state index in [9.17, 15) is 4.79 Å². The molecule has 1 atom stereocenters. The van der Waals surface area contributed by atoms with Crippen molar-refractivity contribution in [1.82, 2.24) is 9.97 Å². The Morgan fingerprint density at radius 1 is 1.16 bits per heavy atom. The van der Waals surface area contributed by atoms with Gasteiger partial charge in [-0.1, -0.05) is 0 Å². The van der Waals surface area contributed by atoms with Gasteiger partial charge >= 0.3 is 0 Å². The predicted molar refractivity (Wildman–Crippen MR) is 93.2 cm³/mol. The van der Waals surface area contributed by atoms with Crippen molar-refractivity contribution in [3.05, 3.63) is 52.0 Å². The number of fused-ring (bicyclic) bond motifs is 1. The van der Waals surface area contributed by atoms with Crippen molar-refractivity contribution in [3.63, 3.8) is 0 Å². The van der Waals surface area contributed by atoms with Gasteiger partial charge in [0, 0.05) is 6.07 Å². The van der Waals surface area contributed by atoms with Crippen molar-refractivity contribution in [1.29, 1.82) is 0 Å². The number of furan rings is 1. The first-order valence-corrected chi connectivity index (χ1v) is 8.01. The molecule has 7 heteroatoms. The summed E-state index contributed by atoms with van der Waals surface area (Å²) in [5.41, 5.74) is 0.389. The van der Waals surface area contributed by atoms with Crippen LogP contribution >= 0.6 is 0 Å². The minimum absolute atomic E-state index is 0.192. The van der Waals surface area contributed by atoms with Gasteiger partial charge in [0.1, 0.15) is 18.8 Å². The van der Waals surface area contributed by atoms with Gasteiger partial charge in [-0.3, -0.25) is 4.79 Å². The molecule has 0 spiro atoms. The number of nitrogens with zero attached hydrogens (tertiary/aromatic N) is 1. The largest absolute Gasteiger partial charge is 0.493 e. The fourth-order valence-electron chi connectivity index (χ4n) is 2.82. The van der Waals surface area contributed by atoms with E-state index < -0.39 is 0 Å². The summed E-state index contributed by atoms with van der Waals surface area (Å²) in [5, 5.41) is 0.473. The molecule has 132 valence electrons. The molecule has 2 heterocycles. The standard InChI is InChI=1S/C18H21N3O4/c1-11-5-6-12(25-11)9-21(2)10-17-19-14-8-16(24-4)15(23-3)7-13(14)18(22)20-17/h5-8H,9-10H2,1-4H3,(H,19,20,22)/p+1. The minimum atomic E-state index is -0.192. The molecule has 3 rings (SSSR count). The Morgan fingerprint density at radius 3 is 2.52 bits per heavy atom. The zero-order valence-electron chi connectivity index (χ0n) is 14.8. The van der Waals surface area contributed by atoms with Gasteiger partial charge in [0.2, 0.25) is 0 Å². The molecule has 0 aliphatic heterocycles. The number of methoxy groups -OCH3 is 2. The van der Waals surface area contributed by atoms with E-state index in [0.29, 0.717) is 41.3 Å². The van der Waals surface area contributed by atoms with Crippen LogP contribution in [0.15, 0.2) is 33.5 Å². The number of aromatic nitrogens is 2. The summed E-state index contributed by atoms with van der Waals surface area (Å²) in [5.74, 6) is 3.47. The molecule has 0 aliphatic carbocycles. The van der Waals surface area contributed by atoms with Gasteiger partial charge < -0.3 is 23.8 Å². The lowest BCUT2D eigenvalue weighted by molar-refractivity contribution is -0.909. The van der Waals surface area contributed by atoms with Crippen LogP contribution in [-0.4, -0.2) is 31.2 Å². The number of H-pyrrole nitrogens is 1. The number of nitrogens with one attached hydrogen (secondary N) is 2. The molecular weight excluding hydrogens is 322 g/mol. The number of quaternary nitrogens is 1. The number of rotatable bonds is 6. The van der Waals surface area contributed by atoms with Gasteiger partial charge in [0.15, 0.2) is 23.1 Å². The molecule has 0 fully saturated rings. The van der Waals surface area contributed by atoms with Crippen LogP contribution in [0.3, 0.4) is 0 Å². The van der Waals surface area contributed by atoms with E-state index in [-0.39, 0.29) is 5.56 Å². The topological polar surface area (TPSA) is 81.8 Å². The Balaban J connectivity index is 1.88. The summed E-state index contributed by atoms with van der Waals surface area (Å²) in [6.07, 6.45) is 0. The molecule has 0 amide bonds. The molecule has 25 heavy (non-hydrogen) atoms. The highest BCUT2D eigenvalue weighted by molar-refractivity contribution is 5.81. The van der Waals surface area contributed by atoms with Crippen molar-refractivity contribution in [2.24, 2.45) is 0 Å². The van der Waals surface area contributed by atoms with E-state index in [0.717, 1.165) is 16.4 Å². The molecule has 0 aliphatic rings. The molecule has 0 radical (unpaired) electrons. The molecule has 2 aromatic heterocycles. The van der Waals surface area contributed by atoms with Crippen LogP contribution in [-0.2, 0) is 13.1 Å². The van der Waals surface area contributed by atoms with Crippen molar-refractivity contribution in [2.75, 3.05) is 21.3 Å². The van der Waals surface area contributed by atoms with Crippen molar-refractivity contribution in [2.45, 2.75) is 20.0 Å². The van der Waals surface area contributed by atoms with Crippen molar-refractivity contribution < 1.29 is 18.8 Å². The molecule has 0 saturated heterocycles. The smallest absolute Gasteiger partial charge is 0.259 e. The summed E-state index contributed by atoms with van der Waals surface area (Å²) in [7, 11) is 5.12. The number of hydrogen-bond acceptors (Lipinski definition) is 5. The maximum atomic E-state index is 12.4. The Bertz CT molecular complexity index is 945. The molecule has 1 unspecified atom stereocenters. The summed E-state index contributed by atoms with van der Waals surface area (Å²) in [6.45, 7) is 3.20. The number of aromatic amines is 1. The van der Waals surface area contributed by atoms with Crippen molar-refractivity contribution in [3.8, 4) is 11.5 Å². The van der Waals surface area contributed by atoms with Crippen molar-refractivity contribution >= 4 is 10.9 Å². The zero-order chi connectivity index (χ0) is 18.0. The van der Waals surface area contributed by atoms with Crippen LogP contribution in [0, 0.1) is 6.92 Å². The number of aryl methyl sites for hydroxylation is 1. The highest BCUT2D eigenvalue weighted by Crippen LogP contribution is 2.29. The number of benzene rings is 1. The Morgan fingerprint density at radius 2 is 1.88 bits per heavy atom. The van der Waals surface area contributed by atoms with Crippen LogP contribution in [0.5, 0.6) is 11.5 Å². The third-order valence-corrected chi connectivity index (χ3v) is 4.00. The highest BCUT2D eigenvalue weighted by Gasteiger charge is 2.14. The molecule has 3 aromatic rings. The maximum absolute atomic E-state index is 12.4. The first-order chi connectivity index (χ1) is 12.0. The first kappa shape index (κ1) is 17.0. The average molecular weight is 344 g/mol. The molecular formula is C18H22N3O4+. The lowest BCUT2D eigenvalue weighted by Crippen LogP contribution is -3.06. The third kappa shape index (κ3) is 3.66. The first-order valence-electron chi connectivity index (χ1n) is 8.01. The summed E-state index contributed by atoms with van der Waals surface area (Å²) >= 11 is 0. The highest BCUT2D eigenvalue weighted by atomic mass is 16.5. The van der Waals surface area contributed by atoms with Crippen LogP contribution in [0.1, 0.15) is 17.3 Å². The second-order valence-corrected chi connectivity index (χ2v) is 6.06. The molecule has 0 saturated carbocycles. The fraction of sp³-hybridized carbons (Fsp3) is 0.333. The fourth-order valence-corrected chi connectivity index (χ4v) is 2.82. The molecule has 7 nitrogen and oxygen atoms in total. The van der Waals surface area contributed by atoms with E-state index in [1.807, 2.05) is 26.1 Å². The molecule has 1 aromatic carbocycles. The second kappa shape index (κ2) is 6.98. The monoisotopic (exact) mass is 344 g/mol. The summed E-state index contributed by atoms with van der Waals surface area (Å²) in [4.78, 5) is 21.0. The van der Waals surface area contributed by atoms with Crippen LogP contribution in [0.25, 0.3) is 10.9 Å². The lowest BCUT2D eigenvalue weighted by Gasteiger charge is -2.13. The Kier molecular flexibility index (Phi) is 4.76. The van der Waals surface area contributed by atoms with E-state index in [1.165, 1.54) is 7.11 Å². The number of ether oxygens (including phenoxy) is 2. The van der Waals surface area contributed by atoms with E-state index in [1.54, 1.807) is 19.2 Å². The Labute approximate surface area is 145 Å². The molecule has 2 N–H and O–H groups in total. The lowest BCUT2D eigenvalue weighted by atomic mass is 10.2. The average Bonchev–Trinajstić information content (AvgIpc) is 2.98. The zero-order valence-corrected chi connectivity index (χ0v) is 14.8. The van der Waals surface area contributed by atoms with Gasteiger partial charge in [-0.25, -0.2) is 4.98 Å². The summed E-state index contributed by atoms with van der Waals surface area (Å²) in [6, 6.07) is 7.27. The minimum Gasteiger partial charge on any atom is -0.493 e. The van der Waals surface area contributed by atoms with Gasteiger partial charge in [-0.15, -0.1) is 0 Å². The van der Waals surface area contributed by atoms with E-state index in [2.05, 4.69) is 9.97 Å². The van der Waals surface area contributed by atoms with Gasteiger partial charge in [-0.05, 0) is 25.1 Å². The van der Waals surface area contributed by atoms with Crippen LogP contribution in [0.2, 0.25) is 0 Å². The second-order valence-electron chi connectivity index (χ2n) is 6.06. The number of hydrogen-bond donors (Lipinski definition) is 2. The summed E-state index contributed by atoms with van der Waals surface area (Å²) < 4.78 is 16.1. The quantitative estimate of drug-likeness (QED) is 0.699. The normalized spacial score (nSPS) is 12.3. The van der Waals surface area contributed by atoms with Gasteiger partial charge in [0.25, 0.3) is 5.56 Å².